The third-order valence-electron chi connectivity index (χ3n) is 3.48. The molecule has 8 heteroatoms. The Kier molecular flexibility index (Phi) is 6.02. The molecule has 25 heavy (non-hydrogen) atoms. The second-order valence-electron chi connectivity index (χ2n) is 4.80. The molecule has 0 saturated heterocycles. The van der Waals surface area contributed by atoms with Crippen LogP contribution in [0.5, 0.6) is 5.75 Å². The first kappa shape index (κ1) is 19.2. The number of methoxy groups -OCH3 is 1. The molecule has 0 unspecified atom stereocenters. The van der Waals surface area contributed by atoms with Crippen molar-refractivity contribution in [2.45, 2.75) is 27.3 Å². The van der Waals surface area contributed by atoms with E-state index in [0.717, 1.165) is 10.6 Å². The highest BCUT2D eigenvalue weighted by molar-refractivity contribution is 7.22. The maximum atomic E-state index is 13.7. The highest BCUT2D eigenvalue weighted by atomic mass is 35.5. The molecule has 0 spiro atoms. The fourth-order valence-corrected chi connectivity index (χ4v) is 3.74. The van der Waals surface area contributed by atoms with Crippen LogP contribution in [-0.4, -0.2) is 16.7 Å². The number of benzene rings is 1. The average molecular weight is 385 g/mol. The molecule has 2 heterocycles. The largest absolute Gasteiger partial charge is 0.494 e. The van der Waals surface area contributed by atoms with Crippen LogP contribution >= 0.6 is 22.9 Å². The average Bonchev–Trinajstić information content (AvgIpc) is 3.01. The van der Waals surface area contributed by atoms with Gasteiger partial charge in [0.25, 0.3) is 5.56 Å². The lowest BCUT2D eigenvalue weighted by Gasteiger charge is -2.06. The number of hydrogen-bond acceptors (Lipinski definition) is 4. The topological polar surface area (TPSA) is 64.1 Å². The Bertz CT molecular complexity index is 1020. The van der Waals surface area contributed by atoms with E-state index in [-0.39, 0.29) is 22.9 Å². The van der Waals surface area contributed by atoms with Gasteiger partial charge < -0.3 is 9.72 Å². The first-order valence-corrected chi connectivity index (χ1v) is 8.95. The minimum Gasteiger partial charge on any atom is -0.494 e. The molecular weight excluding hydrogens is 367 g/mol. The number of rotatable bonds is 3. The molecule has 2 aromatic heterocycles. The second kappa shape index (κ2) is 7.84. The molecule has 0 atom stereocenters. The van der Waals surface area contributed by atoms with Gasteiger partial charge in [-0.3, -0.25) is 9.36 Å². The van der Waals surface area contributed by atoms with Crippen molar-refractivity contribution in [1.82, 2.24) is 9.55 Å². The monoisotopic (exact) mass is 384 g/mol. The lowest BCUT2D eigenvalue weighted by atomic mass is 10.1. The van der Waals surface area contributed by atoms with Crippen molar-refractivity contribution in [3.8, 4) is 16.2 Å². The minimum absolute atomic E-state index is 0.0568. The van der Waals surface area contributed by atoms with E-state index in [9.17, 15) is 14.0 Å². The van der Waals surface area contributed by atoms with Crippen LogP contribution in [0.15, 0.2) is 27.8 Å². The number of nitrogens with zero attached hydrogens (tertiary/aromatic N) is 1. The molecule has 0 saturated carbocycles. The van der Waals surface area contributed by atoms with Gasteiger partial charge in [0.1, 0.15) is 4.70 Å². The maximum Gasteiger partial charge on any atom is 0.328 e. The number of aromatic amines is 1. The van der Waals surface area contributed by atoms with Gasteiger partial charge in [0.2, 0.25) is 0 Å². The van der Waals surface area contributed by atoms with Crippen molar-refractivity contribution < 1.29 is 9.13 Å². The number of fused-ring (bicyclic) bond motifs is 1. The fourth-order valence-electron chi connectivity index (χ4n) is 2.33. The van der Waals surface area contributed by atoms with Crippen LogP contribution < -0.4 is 16.0 Å². The van der Waals surface area contributed by atoms with E-state index in [1.807, 2.05) is 13.8 Å². The molecule has 0 bridgehead atoms. The van der Waals surface area contributed by atoms with Gasteiger partial charge in [-0.25, -0.2) is 9.18 Å². The summed E-state index contributed by atoms with van der Waals surface area (Å²) >= 11 is 7.29. The zero-order valence-corrected chi connectivity index (χ0v) is 15.8. The number of thiophene rings is 1. The molecule has 0 amide bonds. The van der Waals surface area contributed by atoms with Crippen molar-refractivity contribution in [1.29, 1.82) is 0 Å². The Morgan fingerprint density at radius 3 is 2.56 bits per heavy atom. The number of nitrogens with one attached hydrogen (secondary N) is 1. The minimum atomic E-state index is -0.566. The molecule has 3 rings (SSSR count). The molecule has 0 fully saturated rings. The zero-order chi connectivity index (χ0) is 18.7. The molecule has 134 valence electrons. The van der Waals surface area contributed by atoms with Crippen molar-refractivity contribution in [3.05, 3.63) is 49.9 Å². The first-order chi connectivity index (χ1) is 12.0. The van der Waals surface area contributed by atoms with Gasteiger partial charge in [-0.1, -0.05) is 25.4 Å². The Balaban J connectivity index is 0.00000109. The van der Waals surface area contributed by atoms with E-state index in [1.165, 1.54) is 24.5 Å². The van der Waals surface area contributed by atoms with Crippen LogP contribution in [0.3, 0.4) is 0 Å². The van der Waals surface area contributed by atoms with Crippen LogP contribution in [0.1, 0.15) is 20.8 Å². The summed E-state index contributed by atoms with van der Waals surface area (Å²) in [6, 6.07) is 4.29. The quantitative estimate of drug-likeness (QED) is 0.733. The van der Waals surface area contributed by atoms with Crippen molar-refractivity contribution in [3.63, 3.8) is 0 Å². The number of ether oxygens (including phenoxy) is 1. The summed E-state index contributed by atoms with van der Waals surface area (Å²) < 4.78 is 20.2. The van der Waals surface area contributed by atoms with Crippen LogP contribution in [-0.2, 0) is 6.54 Å². The standard InChI is InChI=1S/C15H12ClFN2O3S.C2H6/c1-3-19-14(20)13-10(18-15(19)21)6-12(23-13)7-4-11(22-2)9(17)5-8(7)16;1-2/h4-6H,3H2,1-2H3,(H,18,21);1-2H3. The van der Waals surface area contributed by atoms with Gasteiger partial charge in [-0.15, -0.1) is 11.3 Å². The highest BCUT2D eigenvalue weighted by Gasteiger charge is 2.16. The van der Waals surface area contributed by atoms with E-state index in [2.05, 4.69) is 4.98 Å². The molecule has 5 nitrogen and oxygen atoms in total. The van der Waals surface area contributed by atoms with Crippen LogP contribution in [0.4, 0.5) is 4.39 Å². The number of hydrogen-bond donors (Lipinski definition) is 1. The van der Waals surface area contributed by atoms with Crippen LogP contribution in [0, 0.1) is 5.82 Å². The fraction of sp³-hybridized carbons (Fsp3) is 0.294. The number of aromatic nitrogens is 2. The Morgan fingerprint density at radius 1 is 1.28 bits per heavy atom. The molecule has 0 radical (unpaired) electrons. The third kappa shape index (κ3) is 3.48. The van der Waals surface area contributed by atoms with Gasteiger partial charge >= 0.3 is 5.69 Å². The smallest absolute Gasteiger partial charge is 0.328 e. The summed E-state index contributed by atoms with van der Waals surface area (Å²) in [5.74, 6) is -0.509. The second-order valence-corrected chi connectivity index (χ2v) is 6.26. The van der Waals surface area contributed by atoms with Crippen molar-refractivity contribution in [2.24, 2.45) is 0 Å². The maximum absolute atomic E-state index is 13.7. The summed E-state index contributed by atoms with van der Waals surface area (Å²) in [5.41, 5.74) is 0.156. The Hall–Kier alpha value is -2.12. The number of halogens is 2. The number of H-pyrrole nitrogens is 1. The zero-order valence-electron chi connectivity index (χ0n) is 14.3. The first-order valence-electron chi connectivity index (χ1n) is 7.76. The Morgan fingerprint density at radius 2 is 1.96 bits per heavy atom. The predicted octanol–water partition coefficient (Wildman–Crippen LogP) is 4.27. The third-order valence-corrected chi connectivity index (χ3v) is 4.95. The van der Waals surface area contributed by atoms with Gasteiger partial charge in [0.15, 0.2) is 11.6 Å². The van der Waals surface area contributed by atoms with E-state index in [1.54, 1.807) is 13.0 Å². The lowest BCUT2D eigenvalue weighted by Crippen LogP contribution is -2.33. The van der Waals surface area contributed by atoms with Gasteiger partial charge in [-0.05, 0) is 25.1 Å². The van der Waals surface area contributed by atoms with E-state index >= 15 is 0 Å². The van der Waals surface area contributed by atoms with Crippen LogP contribution in [0.2, 0.25) is 5.02 Å². The summed E-state index contributed by atoms with van der Waals surface area (Å²) in [6.07, 6.45) is 0. The van der Waals surface area contributed by atoms with Crippen molar-refractivity contribution >= 4 is 33.2 Å². The summed E-state index contributed by atoms with van der Waals surface area (Å²) in [4.78, 5) is 27.5. The summed E-state index contributed by atoms with van der Waals surface area (Å²) in [6.45, 7) is 6.00. The van der Waals surface area contributed by atoms with E-state index in [4.69, 9.17) is 16.3 Å². The molecular formula is C17H18ClFN2O3S. The molecule has 3 aromatic rings. The lowest BCUT2D eigenvalue weighted by molar-refractivity contribution is 0.387. The van der Waals surface area contributed by atoms with E-state index in [0.29, 0.717) is 20.7 Å². The molecule has 0 aliphatic carbocycles. The normalized spacial score (nSPS) is 10.5. The predicted molar refractivity (Wildman–Crippen MR) is 101 cm³/mol. The molecule has 1 aromatic carbocycles. The van der Waals surface area contributed by atoms with Gasteiger partial charge in [0, 0.05) is 17.0 Å². The Labute approximate surface area is 152 Å². The van der Waals surface area contributed by atoms with Crippen LogP contribution in [0.25, 0.3) is 20.7 Å². The SMILES string of the molecule is CC.CCn1c(=O)[nH]c2cc(-c3cc(OC)c(F)cc3Cl)sc2c1=O. The highest BCUT2D eigenvalue weighted by Crippen LogP contribution is 2.38. The van der Waals surface area contributed by atoms with Crippen molar-refractivity contribution in [2.75, 3.05) is 7.11 Å². The molecule has 0 aliphatic heterocycles. The molecule has 1 N–H and O–H groups in total. The van der Waals surface area contributed by atoms with Gasteiger partial charge in [-0.2, -0.15) is 0 Å². The summed E-state index contributed by atoms with van der Waals surface area (Å²) in [7, 11) is 1.36. The van der Waals surface area contributed by atoms with Gasteiger partial charge in [0.05, 0.1) is 17.6 Å². The summed E-state index contributed by atoms with van der Waals surface area (Å²) in [5, 5.41) is 0.202. The van der Waals surface area contributed by atoms with E-state index < -0.39 is 11.5 Å². The molecule has 0 aliphatic rings.